The zero-order valence-corrected chi connectivity index (χ0v) is 18.5. The molecule has 0 unspecified atom stereocenters. The minimum atomic E-state index is -1.02. The lowest BCUT2D eigenvalue weighted by Gasteiger charge is -2.15. The van der Waals surface area contributed by atoms with Gasteiger partial charge in [-0.15, -0.1) is 11.3 Å². The molecule has 0 bridgehead atoms. The van der Waals surface area contributed by atoms with E-state index in [1.807, 2.05) is 0 Å². The van der Waals surface area contributed by atoms with Gasteiger partial charge in [0.1, 0.15) is 21.4 Å². The van der Waals surface area contributed by atoms with Gasteiger partial charge in [-0.05, 0) is 51.1 Å². The Kier molecular flexibility index (Phi) is 5.67. The number of halogens is 1. The Morgan fingerprint density at radius 1 is 1.12 bits per heavy atom. The van der Waals surface area contributed by atoms with E-state index < -0.39 is 11.8 Å². The highest BCUT2D eigenvalue weighted by molar-refractivity contribution is 7.17. The second-order valence-corrected chi connectivity index (χ2v) is 8.02. The third kappa shape index (κ3) is 3.82. The predicted octanol–water partition coefficient (Wildman–Crippen LogP) is 6.03. The quantitative estimate of drug-likeness (QED) is 0.380. The molecule has 2 aromatic carbocycles. The summed E-state index contributed by atoms with van der Waals surface area (Å²) in [5, 5.41) is 13.9. The Hall–Kier alpha value is -3.72. The molecule has 4 rings (SSSR count). The van der Waals surface area contributed by atoms with Crippen molar-refractivity contribution in [1.29, 1.82) is 0 Å². The number of methoxy groups -OCH3 is 1. The minimum absolute atomic E-state index is 0.0472. The number of carboxylic acids is 1. The van der Waals surface area contributed by atoms with Crippen molar-refractivity contribution in [3.63, 3.8) is 0 Å². The van der Waals surface area contributed by atoms with Crippen molar-refractivity contribution in [1.82, 2.24) is 10.1 Å². The third-order valence-electron chi connectivity index (χ3n) is 4.88. The van der Waals surface area contributed by atoms with Gasteiger partial charge in [0.05, 0.1) is 24.1 Å². The number of carboxylic acid groups (broad SMARTS) is 1. The molecule has 164 valence electrons. The van der Waals surface area contributed by atoms with Crippen LogP contribution in [0.15, 0.2) is 40.9 Å². The van der Waals surface area contributed by atoms with Gasteiger partial charge in [-0.2, -0.15) is 0 Å². The molecule has 9 heteroatoms. The maximum Gasteiger partial charge on any atom is 0.347 e. The monoisotopic (exact) mass is 454 g/mol. The van der Waals surface area contributed by atoms with Crippen molar-refractivity contribution >= 4 is 17.3 Å². The first-order valence-electron chi connectivity index (χ1n) is 9.59. The normalized spacial score (nSPS) is 10.9. The zero-order chi connectivity index (χ0) is 23.0. The van der Waals surface area contributed by atoms with E-state index in [0.717, 1.165) is 11.3 Å². The number of aryl methyl sites for hydroxylation is 3. The molecule has 0 radical (unpaired) electrons. The Balaban J connectivity index is 1.88. The van der Waals surface area contributed by atoms with Crippen LogP contribution < -0.4 is 9.47 Å². The average molecular weight is 454 g/mol. The standard InChI is InChI=1S/C23H19FN2O5S/c1-11-19(13(3)31-26-11)15-10-14(22-25-12(2)21(32-22)23(27)28)8-9-17(15)30-20-16(24)6-5-7-18(20)29-4/h5-10H,1-4H3,(H,27,28). The summed E-state index contributed by atoms with van der Waals surface area (Å²) in [6.07, 6.45) is 0. The number of hydrogen-bond acceptors (Lipinski definition) is 7. The predicted molar refractivity (Wildman–Crippen MR) is 117 cm³/mol. The van der Waals surface area contributed by atoms with Crippen molar-refractivity contribution in [2.75, 3.05) is 7.11 Å². The molecule has 4 aromatic rings. The molecular formula is C23H19FN2O5S. The molecule has 0 atom stereocenters. The molecule has 2 aromatic heterocycles. The summed E-state index contributed by atoms with van der Waals surface area (Å²) in [6.45, 7) is 5.22. The highest BCUT2D eigenvalue weighted by Gasteiger charge is 2.22. The second-order valence-electron chi connectivity index (χ2n) is 7.02. The van der Waals surface area contributed by atoms with Gasteiger partial charge < -0.3 is 19.1 Å². The van der Waals surface area contributed by atoms with Gasteiger partial charge in [0.2, 0.25) is 5.75 Å². The summed E-state index contributed by atoms with van der Waals surface area (Å²) in [5.74, 6) is -0.470. The molecule has 0 saturated heterocycles. The summed E-state index contributed by atoms with van der Waals surface area (Å²) in [4.78, 5) is 16.0. The number of carbonyl (C=O) groups is 1. The molecule has 0 aliphatic heterocycles. The molecule has 0 aliphatic carbocycles. The molecule has 0 fully saturated rings. The van der Waals surface area contributed by atoms with Crippen LogP contribution in [0.25, 0.3) is 21.7 Å². The number of benzene rings is 2. The van der Waals surface area contributed by atoms with Crippen molar-refractivity contribution in [3.05, 3.63) is 64.2 Å². The number of rotatable bonds is 6. The number of hydrogen-bond donors (Lipinski definition) is 1. The lowest BCUT2D eigenvalue weighted by molar-refractivity contribution is 0.0701. The van der Waals surface area contributed by atoms with Crippen LogP contribution in [-0.2, 0) is 0 Å². The van der Waals surface area contributed by atoms with E-state index in [9.17, 15) is 14.3 Å². The number of nitrogens with zero attached hydrogens (tertiary/aromatic N) is 2. The first-order chi connectivity index (χ1) is 15.3. The van der Waals surface area contributed by atoms with Gasteiger partial charge in [0.25, 0.3) is 0 Å². The maximum atomic E-state index is 14.5. The third-order valence-corrected chi connectivity index (χ3v) is 6.08. The number of ether oxygens (including phenoxy) is 2. The number of thiazole rings is 1. The molecule has 7 nitrogen and oxygen atoms in total. The number of aromatic carboxylic acids is 1. The smallest absolute Gasteiger partial charge is 0.347 e. The van der Waals surface area contributed by atoms with Crippen LogP contribution in [0.3, 0.4) is 0 Å². The Morgan fingerprint density at radius 3 is 2.53 bits per heavy atom. The van der Waals surface area contributed by atoms with Gasteiger partial charge in [-0.1, -0.05) is 11.2 Å². The fourth-order valence-corrected chi connectivity index (χ4v) is 4.29. The molecule has 2 heterocycles. The fraction of sp³-hybridized carbons (Fsp3) is 0.174. The van der Waals surface area contributed by atoms with E-state index in [0.29, 0.717) is 44.6 Å². The van der Waals surface area contributed by atoms with Crippen LogP contribution in [0.5, 0.6) is 17.2 Å². The van der Waals surface area contributed by atoms with E-state index in [2.05, 4.69) is 10.1 Å². The highest BCUT2D eigenvalue weighted by Crippen LogP contribution is 2.43. The Labute approximate surface area is 187 Å². The molecule has 1 N–H and O–H groups in total. The van der Waals surface area contributed by atoms with E-state index >= 15 is 0 Å². The summed E-state index contributed by atoms with van der Waals surface area (Å²) in [7, 11) is 1.44. The average Bonchev–Trinajstić information content (AvgIpc) is 3.31. The molecule has 0 spiro atoms. The van der Waals surface area contributed by atoms with Gasteiger partial charge in [0, 0.05) is 11.1 Å². The van der Waals surface area contributed by atoms with Gasteiger partial charge in [-0.3, -0.25) is 0 Å². The van der Waals surface area contributed by atoms with Crippen molar-refractivity contribution in [3.8, 4) is 38.9 Å². The van der Waals surface area contributed by atoms with E-state index in [1.54, 1.807) is 45.0 Å². The summed E-state index contributed by atoms with van der Waals surface area (Å²) in [6, 6.07) is 9.65. The van der Waals surface area contributed by atoms with Crippen molar-refractivity contribution in [2.24, 2.45) is 0 Å². The van der Waals surface area contributed by atoms with Crippen LogP contribution in [0.1, 0.15) is 26.8 Å². The van der Waals surface area contributed by atoms with Crippen LogP contribution in [0.2, 0.25) is 0 Å². The summed E-state index contributed by atoms with van der Waals surface area (Å²) >= 11 is 1.08. The fourth-order valence-electron chi connectivity index (χ4n) is 3.39. The molecular weight excluding hydrogens is 435 g/mol. The topological polar surface area (TPSA) is 94.7 Å². The number of para-hydroxylation sites is 1. The molecule has 32 heavy (non-hydrogen) atoms. The van der Waals surface area contributed by atoms with Gasteiger partial charge in [0.15, 0.2) is 11.6 Å². The Morgan fingerprint density at radius 2 is 1.91 bits per heavy atom. The Bertz CT molecular complexity index is 1310. The second kappa shape index (κ2) is 8.43. The van der Waals surface area contributed by atoms with Gasteiger partial charge >= 0.3 is 5.97 Å². The van der Waals surface area contributed by atoms with Crippen molar-refractivity contribution in [2.45, 2.75) is 20.8 Å². The van der Waals surface area contributed by atoms with Crippen LogP contribution in [0, 0.1) is 26.6 Å². The lowest BCUT2D eigenvalue weighted by atomic mass is 10.0. The molecule has 0 aliphatic rings. The highest BCUT2D eigenvalue weighted by atomic mass is 32.1. The minimum Gasteiger partial charge on any atom is -0.493 e. The largest absolute Gasteiger partial charge is 0.493 e. The first kappa shape index (κ1) is 21.5. The number of aromatic nitrogens is 2. The van der Waals surface area contributed by atoms with Crippen LogP contribution in [-0.4, -0.2) is 28.3 Å². The van der Waals surface area contributed by atoms with Gasteiger partial charge in [-0.25, -0.2) is 14.2 Å². The van der Waals surface area contributed by atoms with E-state index in [-0.39, 0.29) is 16.4 Å². The zero-order valence-electron chi connectivity index (χ0n) is 17.7. The van der Waals surface area contributed by atoms with Crippen LogP contribution in [0.4, 0.5) is 4.39 Å². The summed E-state index contributed by atoms with van der Waals surface area (Å²) < 4.78 is 31.1. The van der Waals surface area contributed by atoms with E-state index in [4.69, 9.17) is 14.0 Å². The van der Waals surface area contributed by atoms with E-state index in [1.165, 1.54) is 19.2 Å². The first-order valence-corrected chi connectivity index (χ1v) is 10.4. The SMILES string of the molecule is COc1cccc(F)c1Oc1ccc(-c2nc(C)c(C(=O)O)s2)cc1-c1c(C)noc1C. The summed E-state index contributed by atoms with van der Waals surface area (Å²) in [5.41, 5.74) is 3.06. The van der Waals surface area contributed by atoms with Crippen molar-refractivity contribution < 1.29 is 28.3 Å². The van der Waals surface area contributed by atoms with Crippen LogP contribution >= 0.6 is 11.3 Å². The molecule has 0 amide bonds. The maximum absolute atomic E-state index is 14.5. The lowest BCUT2D eigenvalue weighted by Crippen LogP contribution is -1.96. The molecule has 0 saturated carbocycles.